The van der Waals surface area contributed by atoms with E-state index in [0.29, 0.717) is 5.75 Å². The van der Waals surface area contributed by atoms with Crippen molar-refractivity contribution in [2.75, 3.05) is 20.8 Å². The van der Waals surface area contributed by atoms with Gasteiger partial charge >= 0.3 is 5.97 Å². The van der Waals surface area contributed by atoms with Crippen molar-refractivity contribution in [1.29, 1.82) is 0 Å². The highest BCUT2D eigenvalue weighted by Gasteiger charge is 2.44. The lowest BCUT2D eigenvalue weighted by Gasteiger charge is -2.39. The van der Waals surface area contributed by atoms with Crippen LogP contribution in [-0.2, 0) is 14.2 Å². The average Bonchev–Trinajstić information content (AvgIpc) is 2.78. The fraction of sp³-hybridized carbons (Fsp3) is 0.381. The lowest BCUT2D eigenvalue weighted by molar-refractivity contribution is -0.294. The minimum absolute atomic E-state index is 0.0800. The maximum Gasteiger partial charge on any atom is 0.338 e. The molecule has 9 nitrogen and oxygen atoms in total. The summed E-state index contributed by atoms with van der Waals surface area (Å²) in [4.78, 5) is 12.5. The Hall–Kier alpha value is -2.40. The fourth-order valence-corrected chi connectivity index (χ4v) is 3.28. The van der Waals surface area contributed by atoms with Gasteiger partial charge in [-0.1, -0.05) is 29.8 Å². The van der Waals surface area contributed by atoms with Crippen LogP contribution in [-0.4, -0.2) is 72.8 Å². The Morgan fingerprint density at radius 2 is 1.77 bits per heavy atom. The first kappa shape index (κ1) is 23.3. The molecule has 1 heterocycles. The smallest absolute Gasteiger partial charge is 0.338 e. The molecule has 0 aliphatic carbocycles. The summed E-state index contributed by atoms with van der Waals surface area (Å²) in [6, 6.07) is 11.7. The first-order valence-electron chi connectivity index (χ1n) is 9.35. The molecule has 0 aromatic heterocycles. The molecule has 1 fully saturated rings. The van der Waals surface area contributed by atoms with Crippen molar-refractivity contribution in [2.24, 2.45) is 0 Å². The van der Waals surface area contributed by atoms with Crippen molar-refractivity contribution in [3.63, 3.8) is 0 Å². The molecule has 0 saturated carbocycles. The minimum atomic E-state index is -1.52. The molecule has 3 rings (SSSR count). The number of halogens is 1. The van der Waals surface area contributed by atoms with Gasteiger partial charge in [0.05, 0.1) is 17.7 Å². The third-order valence-corrected chi connectivity index (χ3v) is 4.99. The lowest BCUT2D eigenvalue weighted by Crippen LogP contribution is -2.59. The van der Waals surface area contributed by atoms with Crippen LogP contribution in [0.4, 0.5) is 0 Å². The molecule has 0 unspecified atom stereocenters. The van der Waals surface area contributed by atoms with Crippen molar-refractivity contribution in [3.05, 3.63) is 53.1 Å². The second-order valence-corrected chi connectivity index (χ2v) is 7.16. The summed E-state index contributed by atoms with van der Waals surface area (Å²) < 4.78 is 26.5. The number of hydrogen-bond acceptors (Lipinski definition) is 9. The van der Waals surface area contributed by atoms with Crippen LogP contribution in [0.1, 0.15) is 10.4 Å². The van der Waals surface area contributed by atoms with E-state index in [-0.39, 0.29) is 22.1 Å². The Labute approximate surface area is 183 Å². The van der Waals surface area contributed by atoms with E-state index in [4.69, 9.17) is 35.3 Å². The van der Waals surface area contributed by atoms with E-state index < -0.39 is 43.3 Å². The van der Waals surface area contributed by atoms with E-state index in [1.165, 1.54) is 26.4 Å². The zero-order valence-electron chi connectivity index (χ0n) is 16.8. The predicted molar refractivity (Wildman–Crippen MR) is 108 cm³/mol. The second kappa shape index (κ2) is 10.3. The standard InChI is InChI=1S/C21H23ClO9/c1-27-14-9-11(8-13(22)19(14)30-12-6-4-3-5-7-12)20(26)29-10-15-16(23)17(24)18(25)21(28-2)31-15/h3-9,15-18,21,23-25H,10H2,1-2H3/t15-,16-,17+,18-,21-/m1/s1. The first-order valence-corrected chi connectivity index (χ1v) is 9.73. The summed E-state index contributed by atoms with van der Waals surface area (Å²) >= 11 is 6.30. The lowest BCUT2D eigenvalue weighted by atomic mass is 9.99. The van der Waals surface area contributed by atoms with Gasteiger partial charge in [-0.2, -0.15) is 0 Å². The van der Waals surface area contributed by atoms with Crippen molar-refractivity contribution in [3.8, 4) is 17.2 Å². The number of hydrogen-bond donors (Lipinski definition) is 3. The Balaban J connectivity index is 1.71. The molecular formula is C21H23ClO9. The van der Waals surface area contributed by atoms with E-state index in [1.54, 1.807) is 24.3 Å². The molecule has 168 valence electrons. The third kappa shape index (κ3) is 5.27. The van der Waals surface area contributed by atoms with Gasteiger partial charge < -0.3 is 39.0 Å². The van der Waals surface area contributed by atoms with E-state index in [0.717, 1.165) is 0 Å². The van der Waals surface area contributed by atoms with Gasteiger partial charge in [0, 0.05) is 7.11 Å². The molecule has 2 aromatic rings. The molecule has 5 atom stereocenters. The number of carbonyl (C=O) groups excluding carboxylic acids is 1. The molecule has 0 radical (unpaired) electrons. The van der Waals surface area contributed by atoms with Crippen LogP contribution in [0, 0.1) is 0 Å². The molecule has 3 N–H and O–H groups in total. The predicted octanol–water partition coefficient (Wildman–Crippen LogP) is 1.75. The molecule has 10 heteroatoms. The average molecular weight is 455 g/mol. The van der Waals surface area contributed by atoms with E-state index >= 15 is 0 Å². The normalized spacial score (nSPS) is 25.7. The van der Waals surface area contributed by atoms with Gasteiger partial charge in [0.15, 0.2) is 17.8 Å². The SMILES string of the molecule is COc1cc(C(=O)OC[C@H]2O[C@@H](OC)[C@H](O)[C@@H](O)[C@@H]2O)cc(Cl)c1Oc1ccccc1. The first-order chi connectivity index (χ1) is 14.8. The van der Waals surface area contributed by atoms with Crippen LogP contribution < -0.4 is 9.47 Å². The highest BCUT2D eigenvalue weighted by molar-refractivity contribution is 6.32. The van der Waals surface area contributed by atoms with Crippen molar-refractivity contribution in [2.45, 2.75) is 30.7 Å². The summed E-state index contributed by atoms with van der Waals surface area (Å²) in [6.07, 6.45) is -6.72. The Kier molecular flexibility index (Phi) is 7.71. The van der Waals surface area contributed by atoms with Crippen LogP contribution in [0.3, 0.4) is 0 Å². The molecule has 0 amide bonds. The molecule has 2 aromatic carbocycles. The summed E-state index contributed by atoms with van der Waals surface area (Å²) in [6.45, 7) is -0.397. The fourth-order valence-electron chi connectivity index (χ4n) is 3.03. The van der Waals surface area contributed by atoms with Gasteiger partial charge in [-0.3, -0.25) is 0 Å². The number of benzene rings is 2. The van der Waals surface area contributed by atoms with Gasteiger partial charge in [-0.25, -0.2) is 4.79 Å². The number of aliphatic hydroxyl groups excluding tert-OH is 3. The summed E-state index contributed by atoms with van der Waals surface area (Å²) in [5.41, 5.74) is 0.0800. The van der Waals surface area contributed by atoms with Crippen molar-refractivity contribution < 1.29 is 43.8 Å². The Bertz CT molecular complexity index is 890. The zero-order chi connectivity index (χ0) is 22.5. The number of carbonyl (C=O) groups is 1. The van der Waals surface area contributed by atoms with Gasteiger partial charge in [0.25, 0.3) is 0 Å². The molecule has 0 spiro atoms. The maximum absolute atomic E-state index is 12.5. The van der Waals surface area contributed by atoms with Crippen LogP contribution in [0.25, 0.3) is 0 Å². The highest BCUT2D eigenvalue weighted by Crippen LogP contribution is 2.39. The number of rotatable bonds is 7. The molecule has 1 aliphatic rings. The van der Waals surface area contributed by atoms with Gasteiger partial charge in [-0.05, 0) is 24.3 Å². The topological polar surface area (TPSA) is 124 Å². The molecular weight excluding hydrogens is 432 g/mol. The third-order valence-electron chi connectivity index (χ3n) is 4.71. The number of aliphatic hydroxyl groups is 3. The molecule has 31 heavy (non-hydrogen) atoms. The van der Waals surface area contributed by atoms with Crippen LogP contribution >= 0.6 is 11.6 Å². The maximum atomic E-state index is 12.5. The zero-order valence-corrected chi connectivity index (χ0v) is 17.6. The van der Waals surface area contributed by atoms with Gasteiger partial charge in [-0.15, -0.1) is 0 Å². The molecule has 1 saturated heterocycles. The van der Waals surface area contributed by atoms with E-state index in [2.05, 4.69) is 0 Å². The van der Waals surface area contributed by atoms with Crippen molar-refractivity contribution >= 4 is 17.6 Å². The second-order valence-electron chi connectivity index (χ2n) is 6.75. The summed E-state index contributed by atoms with van der Waals surface area (Å²) in [5, 5.41) is 29.9. The van der Waals surface area contributed by atoms with E-state index in [9.17, 15) is 20.1 Å². The van der Waals surface area contributed by atoms with Crippen LogP contribution in [0.2, 0.25) is 5.02 Å². The van der Waals surface area contributed by atoms with Crippen LogP contribution in [0.15, 0.2) is 42.5 Å². The van der Waals surface area contributed by atoms with Gasteiger partial charge in [0.1, 0.15) is 36.8 Å². The number of methoxy groups -OCH3 is 2. The largest absolute Gasteiger partial charge is 0.493 e. The summed E-state index contributed by atoms with van der Waals surface area (Å²) in [7, 11) is 2.68. The van der Waals surface area contributed by atoms with Gasteiger partial charge in [0.2, 0.25) is 0 Å². The van der Waals surface area contributed by atoms with Crippen LogP contribution in [0.5, 0.6) is 17.2 Å². The monoisotopic (exact) mass is 454 g/mol. The molecule has 0 bridgehead atoms. The number of esters is 1. The number of para-hydroxylation sites is 1. The minimum Gasteiger partial charge on any atom is -0.493 e. The quantitative estimate of drug-likeness (QED) is 0.536. The Morgan fingerprint density at radius 3 is 2.42 bits per heavy atom. The Morgan fingerprint density at radius 1 is 1.06 bits per heavy atom. The summed E-state index contributed by atoms with van der Waals surface area (Å²) in [5.74, 6) is 0.222. The highest BCUT2D eigenvalue weighted by atomic mass is 35.5. The molecule has 1 aliphatic heterocycles. The van der Waals surface area contributed by atoms with Crippen molar-refractivity contribution in [1.82, 2.24) is 0 Å². The number of ether oxygens (including phenoxy) is 5. The van der Waals surface area contributed by atoms with E-state index in [1.807, 2.05) is 6.07 Å².